The van der Waals surface area contributed by atoms with Crippen molar-refractivity contribution in [2.75, 3.05) is 37.6 Å². The number of aliphatic imine (C=N–C) groups is 1. The van der Waals surface area contributed by atoms with Gasteiger partial charge >= 0.3 is 0 Å². The fourth-order valence-electron chi connectivity index (χ4n) is 2.10. The highest BCUT2D eigenvalue weighted by molar-refractivity contribution is 14.0. The second kappa shape index (κ2) is 8.08. The highest BCUT2D eigenvalue weighted by Gasteiger charge is 2.18. The first-order valence-electron chi connectivity index (χ1n) is 6.37. The molecule has 1 aliphatic heterocycles. The van der Waals surface area contributed by atoms with Gasteiger partial charge in [0.2, 0.25) is 0 Å². The molecule has 0 amide bonds. The Balaban J connectivity index is 0.00000200. The van der Waals surface area contributed by atoms with Crippen LogP contribution in [0.15, 0.2) is 41.9 Å². The van der Waals surface area contributed by atoms with Gasteiger partial charge in [-0.25, -0.2) is 9.38 Å². The minimum atomic E-state index is -0.205. The lowest BCUT2D eigenvalue weighted by atomic mass is 10.2. The summed E-state index contributed by atoms with van der Waals surface area (Å²) in [6, 6.07) is 6.59. The summed E-state index contributed by atoms with van der Waals surface area (Å²) in [5.41, 5.74) is 6.94. The van der Waals surface area contributed by atoms with Crippen molar-refractivity contribution in [3.8, 4) is 0 Å². The Labute approximate surface area is 136 Å². The van der Waals surface area contributed by atoms with Gasteiger partial charge in [-0.2, -0.15) is 0 Å². The lowest BCUT2D eigenvalue weighted by molar-refractivity contribution is 0.381. The van der Waals surface area contributed by atoms with Crippen molar-refractivity contribution in [1.82, 2.24) is 4.90 Å². The Morgan fingerprint density at radius 1 is 1.25 bits per heavy atom. The van der Waals surface area contributed by atoms with Crippen LogP contribution in [0.5, 0.6) is 0 Å². The van der Waals surface area contributed by atoms with E-state index in [4.69, 9.17) is 5.73 Å². The number of guanidine groups is 1. The Bertz CT molecular complexity index is 453. The third-order valence-electron chi connectivity index (χ3n) is 3.18. The van der Waals surface area contributed by atoms with Crippen LogP contribution in [0.4, 0.5) is 10.1 Å². The zero-order chi connectivity index (χ0) is 13.7. The van der Waals surface area contributed by atoms with Crippen LogP contribution in [0, 0.1) is 5.82 Å². The predicted octanol–water partition coefficient (Wildman–Crippen LogP) is 2.07. The van der Waals surface area contributed by atoms with Crippen LogP contribution in [0.2, 0.25) is 0 Å². The average molecular weight is 390 g/mol. The zero-order valence-corrected chi connectivity index (χ0v) is 13.7. The number of benzene rings is 1. The number of halogens is 2. The maximum Gasteiger partial charge on any atom is 0.191 e. The lowest BCUT2D eigenvalue weighted by Gasteiger charge is -2.36. The highest BCUT2D eigenvalue weighted by atomic mass is 127. The van der Waals surface area contributed by atoms with Gasteiger partial charge in [-0.15, -0.1) is 30.6 Å². The number of nitrogens with two attached hydrogens (primary N) is 1. The minimum absolute atomic E-state index is 0. The monoisotopic (exact) mass is 390 g/mol. The number of anilines is 1. The van der Waals surface area contributed by atoms with E-state index in [9.17, 15) is 4.39 Å². The van der Waals surface area contributed by atoms with E-state index >= 15 is 0 Å². The largest absolute Gasteiger partial charge is 0.370 e. The van der Waals surface area contributed by atoms with Crippen molar-refractivity contribution in [3.63, 3.8) is 0 Å². The van der Waals surface area contributed by atoms with Crippen molar-refractivity contribution >= 4 is 35.6 Å². The average Bonchev–Trinajstić information content (AvgIpc) is 2.46. The maximum atomic E-state index is 12.9. The van der Waals surface area contributed by atoms with Gasteiger partial charge < -0.3 is 15.5 Å². The van der Waals surface area contributed by atoms with Crippen LogP contribution >= 0.6 is 24.0 Å². The van der Waals surface area contributed by atoms with Gasteiger partial charge in [0.15, 0.2) is 5.96 Å². The first-order chi connectivity index (χ1) is 9.20. The summed E-state index contributed by atoms with van der Waals surface area (Å²) in [7, 11) is 0. The molecule has 0 bridgehead atoms. The van der Waals surface area contributed by atoms with Crippen LogP contribution in [-0.4, -0.2) is 43.6 Å². The second-order valence-corrected chi connectivity index (χ2v) is 4.44. The van der Waals surface area contributed by atoms with Gasteiger partial charge in [-0.05, 0) is 24.3 Å². The number of nitrogens with zero attached hydrogens (tertiary/aromatic N) is 3. The Hall–Kier alpha value is -1.31. The molecule has 4 nitrogen and oxygen atoms in total. The first kappa shape index (κ1) is 16.7. The second-order valence-electron chi connectivity index (χ2n) is 4.44. The van der Waals surface area contributed by atoms with E-state index in [0.717, 1.165) is 31.9 Å². The van der Waals surface area contributed by atoms with Crippen LogP contribution in [0.3, 0.4) is 0 Å². The summed E-state index contributed by atoms with van der Waals surface area (Å²) in [4.78, 5) is 8.49. The summed E-state index contributed by atoms with van der Waals surface area (Å²) < 4.78 is 12.9. The summed E-state index contributed by atoms with van der Waals surface area (Å²) >= 11 is 0. The van der Waals surface area contributed by atoms with Gasteiger partial charge in [0.05, 0.1) is 6.54 Å². The van der Waals surface area contributed by atoms with E-state index in [1.807, 2.05) is 0 Å². The molecule has 110 valence electrons. The summed E-state index contributed by atoms with van der Waals surface area (Å²) in [5.74, 6) is 0.363. The lowest BCUT2D eigenvalue weighted by Crippen LogP contribution is -2.51. The third kappa shape index (κ3) is 4.36. The van der Waals surface area contributed by atoms with Crippen LogP contribution in [-0.2, 0) is 0 Å². The summed E-state index contributed by atoms with van der Waals surface area (Å²) in [6.07, 6.45) is 1.72. The quantitative estimate of drug-likeness (QED) is 0.372. The van der Waals surface area contributed by atoms with E-state index in [-0.39, 0.29) is 29.8 Å². The molecule has 2 N–H and O–H groups in total. The molecule has 1 saturated heterocycles. The molecule has 1 aromatic rings. The minimum Gasteiger partial charge on any atom is -0.370 e. The normalized spacial score (nSPS) is 15.8. The maximum absolute atomic E-state index is 12.9. The molecule has 20 heavy (non-hydrogen) atoms. The molecule has 1 fully saturated rings. The molecule has 1 aromatic carbocycles. The molecule has 1 aliphatic rings. The number of rotatable bonds is 3. The Morgan fingerprint density at radius 3 is 2.40 bits per heavy atom. The molecule has 0 radical (unpaired) electrons. The molecule has 1 heterocycles. The van der Waals surface area contributed by atoms with Crippen LogP contribution < -0.4 is 10.6 Å². The summed E-state index contributed by atoms with van der Waals surface area (Å²) in [6.45, 7) is 7.52. The van der Waals surface area contributed by atoms with E-state index in [1.165, 1.54) is 12.1 Å². The van der Waals surface area contributed by atoms with E-state index in [1.54, 1.807) is 18.2 Å². The van der Waals surface area contributed by atoms with Crippen molar-refractivity contribution in [2.24, 2.45) is 10.7 Å². The first-order valence-corrected chi connectivity index (χ1v) is 6.37. The number of hydrogen-bond donors (Lipinski definition) is 1. The van der Waals surface area contributed by atoms with Crippen LogP contribution in [0.25, 0.3) is 0 Å². The third-order valence-corrected chi connectivity index (χ3v) is 3.18. The molecule has 0 atom stereocenters. The summed E-state index contributed by atoms with van der Waals surface area (Å²) in [5, 5.41) is 0. The van der Waals surface area contributed by atoms with Crippen molar-refractivity contribution in [2.45, 2.75) is 0 Å². The van der Waals surface area contributed by atoms with Crippen LogP contribution in [0.1, 0.15) is 0 Å². The van der Waals surface area contributed by atoms with Gasteiger partial charge in [0.25, 0.3) is 0 Å². The standard InChI is InChI=1S/C14H19FN4.HI/c1-2-7-17-14(16)19-10-8-18(9-11-19)13-5-3-12(15)4-6-13;/h2-6H,1,7-11H2,(H2,16,17);1H. The number of hydrogen-bond acceptors (Lipinski definition) is 2. The zero-order valence-electron chi connectivity index (χ0n) is 11.3. The molecule has 6 heteroatoms. The SMILES string of the molecule is C=CCN=C(N)N1CCN(c2ccc(F)cc2)CC1.I. The molecule has 0 unspecified atom stereocenters. The van der Waals surface area contributed by atoms with E-state index in [0.29, 0.717) is 12.5 Å². The molecular formula is C14H20FIN4. The molecule has 2 rings (SSSR count). The Morgan fingerprint density at radius 2 is 1.85 bits per heavy atom. The number of piperazine rings is 1. The van der Waals surface area contributed by atoms with E-state index in [2.05, 4.69) is 21.4 Å². The molecular weight excluding hydrogens is 370 g/mol. The van der Waals surface area contributed by atoms with Gasteiger partial charge in [-0.1, -0.05) is 6.08 Å². The smallest absolute Gasteiger partial charge is 0.191 e. The topological polar surface area (TPSA) is 44.9 Å². The van der Waals surface area contributed by atoms with E-state index < -0.39 is 0 Å². The van der Waals surface area contributed by atoms with Gasteiger partial charge in [-0.3, -0.25) is 0 Å². The fourth-order valence-corrected chi connectivity index (χ4v) is 2.10. The molecule has 0 spiro atoms. The van der Waals surface area contributed by atoms with Crippen molar-refractivity contribution in [3.05, 3.63) is 42.7 Å². The molecule has 0 saturated carbocycles. The highest BCUT2D eigenvalue weighted by Crippen LogP contribution is 2.16. The fraction of sp³-hybridized carbons (Fsp3) is 0.357. The predicted molar refractivity (Wildman–Crippen MR) is 92.3 cm³/mol. The van der Waals surface area contributed by atoms with Gasteiger partial charge in [0, 0.05) is 31.9 Å². The molecule has 0 aliphatic carbocycles. The van der Waals surface area contributed by atoms with Crippen molar-refractivity contribution in [1.29, 1.82) is 0 Å². The Kier molecular flexibility index (Phi) is 6.77. The van der Waals surface area contributed by atoms with Gasteiger partial charge in [0.1, 0.15) is 5.82 Å². The van der Waals surface area contributed by atoms with Crippen molar-refractivity contribution < 1.29 is 4.39 Å². The molecule has 0 aromatic heterocycles.